The van der Waals surface area contributed by atoms with Crippen molar-refractivity contribution in [1.82, 2.24) is 0 Å². The molecule has 1 unspecified atom stereocenters. The fourth-order valence-electron chi connectivity index (χ4n) is 1.08. The molecule has 0 saturated carbocycles. The molecule has 0 aromatic heterocycles. The van der Waals surface area contributed by atoms with Crippen LogP contribution in [0.25, 0.3) is 0 Å². The second-order valence-corrected chi connectivity index (χ2v) is 3.52. The fraction of sp³-hybridized carbons (Fsp3) is 0.818. The summed E-state index contributed by atoms with van der Waals surface area (Å²) in [5.41, 5.74) is 0. The number of hydrogen-bond donors (Lipinski definition) is 2. The van der Waals surface area contributed by atoms with Gasteiger partial charge in [0.05, 0.1) is 6.61 Å². The van der Waals surface area contributed by atoms with Gasteiger partial charge in [-0.2, -0.15) is 6.42 Å². The predicted molar refractivity (Wildman–Crippen MR) is 57.1 cm³/mol. The van der Waals surface area contributed by atoms with E-state index in [0.29, 0.717) is 6.42 Å². The summed E-state index contributed by atoms with van der Waals surface area (Å²) in [4.78, 5) is 11.0. The van der Waals surface area contributed by atoms with E-state index in [1.165, 1.54) is 19.3 Å². The van der Waals surface area contributed by atoms with Gasteiger partial charge < -0.3 is 14.9 Å². The molecule has 0 bridgehead atoms. The molecular formula is C11H21NbO4-. The molecule has 2 N–H and O–H groups in total. The summed E-state index contributed by atoms with van der Waals surface area (Å²) in [7, 11) is 0. The molecule has 5 heteroatoms. The quantitative estimate of drug-likeness (QED) is 0.289. The number of carbonyl (C=O) groups is 1. The number of aliphatic hydroxyl groups excluding tert-OH is 2. The van der Waals surface area contributed by atoms with Gasteiger partial charge in [0.15, 0.2) is 5.97 Å². The van der Waals surface area contributed by atoms with Crippen molar-refractivity contribution < 1.29 is 42.1 Å². The van der Waals surface area contributed by atoms with Crippen LogP contribution in [0.15, 0.2) is 0 Å². The van der Waals surface area contributed by atoms with E-state index in [1.807, 2.05) is 0 Å². The minimum Gasteiger partial charge on any atom is -0.485 e. The SMILES string of the molecule is CCCCCC[CH-]C(=O)OCC(O)CO.[Nb]. The molecule has 0 aliphatic rings. The molecule has 0 amide bonds. The molecule has 0 aliphatic carbocycles. The standard InChI is InChI=1S/C11H21O4.Nb/c1-2-3-4-5-6-7-11(14)15-9-10(13)8-12;/h7,10,12-13H,2-6,8-9H2,1H3;/q-1;. The summed E-state index contributed by atoms with van der Waals surface area (Å²) >= 11 is 0. The van der Waals surface area contributed by atoms with Gasteiger partial charge in [0, 0.05) is 22.4 Å². The van der Waals surface area contributed by atoms with Crippen molar-refractivity contribution in [3.05, 3.63) is 6.42 Å². The zero-order chi connectivity index (χ0) is 11.5. The van der Waals surface area contributed by atoms with Gasteiger partial charge in [-0.15, -0.1) is 0 Å². The second-order valence-electron chi connectivity index (χ2n) is 3.52. The molecule has 0 aromatic carbocycles. The zero-order valence-electron chi connectivity index (χ0n) is 9.76. The molecule has 4 nitrogen and oxygen atoms in total. The van der Waals surface area contributed by atoms with Crippen LogP contribution in [0.5, 0.6) is 0 Å². The Morgan fingerprint density at radius 3 is 2.62 bits per heavy atom. The van der Waals surface area contributed by atoms with Crippen molar-refractivity contribution in [2.45, 2.75) is 45.1 Å². The molecule has 95 valence electrons. The Morgan fingerprint density at radius 2 is 2.06 bits per heavy atom. The van der Waals surface area contributed by atoms with E-state index in [1.54, 1.807) is 0 Å². The van der Waals surface area contributed by atoms with Gasteiger partial charge in [0.25, 0.3) is 0 Å². The number of hydrogen-bond acceptors (Lipinski definition) is 4. The summed E-state index contributed by atoms with van der Waals surface area (Å²) in [6.45, 7) is 1.61. The van der Waals surface area contributed by atoms with Gasteiger partial charge in [0.1, 0.15) is 12.7 Å². The van der Waals surface area contributed by atoms with Crippen LogP contribution in [-0.4, -0.2) is 35.5 Å². The van der Waals surface area contributed by atoms with Gasteiger partial charge in [0.2, 0.25) is 0 Å². The van der Waals surface area contributed by atoms with Gasteiger partial charge in [-0.1, -0.05) is 32.6 Å². The summed E-state index contributed by atoms with van der Waals surface area (Å²) < 4.78 is 4.70. The monoisotopic (exact) mass is 310 g/mol. The van der Waals surface area contributed by atoms with Crippen LogP contribution in [0.1, 0.15) is 39.0 Å². The first-order valence-corrected chi connectivity index (χ1v) is 5.49. The summed E-state index contributed by atoms with van der Waals surface area (Å²) in [6, 6.07) is 0. The average Bonchev–Trinajstić information content (AvgIpc) is 2.25. The van der Waals surface area contributed by atoms with Gasteiger partial charge in [-0.25, -0.2) is 0 Å². The first-order valence-electron chi connectivity index (χ1n) is 5.49. The second kappa shape index (κ2) is 13.1. The Bertz CT molecular complexity index is 164. The van der Waals surface area contributed by atoms with E-state index in [2.05, 4.69) is 6.92 Å². The number of carbonyl (C=O) groups excluding carboxylic acids is 1. The van der Waals surface area contributed by atoms with Crippen molar-refractivity contribution in [2.24, 2.45) is 0 Å². The third-order valence-electron chi connectivity index (χ3n) is 2.00. The largest absolute Gasteiger partial charge is 0.485 e. The van der Waals surface area contributed by atoms with Crippen LogP contribution in [0.3, 0.4) is 0 Å². The van der Waals surface area contributed by atoms with E-state index in [0.717, 1.165) is 12.8 Å². The molecule has 1 atom stereocenters. The number of aliphatic hydroxyl groups is 2. The molecular weight excluding hydrogens is 289 g/mol. The number of unbranched alkanes of at least 4 members (excludes halogenated alkanes) is 4. The maximum absolute atomic E-state index is 11.0. The fourth-order valence-corrected chi connectivity index (χ4v) is 1.08. The van der Waals surface area contributed by atoms with Gasteiger partial charge >= 0.3 is 0 Å². The van der Waals surface area contributed by atoms with Crippen LogP contribution in [0.4, 0.5) is 0 Å². The van der Waals surface area contributed by atoms with E-state index in [-0.39, 0.29) is 35.6 Å². The summed E-state index contributed by atoms with van der Waals surface area (Å²) in [6.07, 6.45) is 5.71. The Kier molecular flexibility index (Phi) is 15.0. The molecule has 16 heavy (non-hydrogen) atoms. The maximum atomic E-state index is 11.0. The topological polar surface area (TPSA) is 66.8 Å². The number of ether oxygens (including phenoxy) is 1. The minimum atomic E-state index is -0.970. The molecule has 0 saturated heterocycles. The first kappa shape index (κ1) is 18.4. The summed E-state index contributed by atoms with van der Waals surface area (Å²) in [5.74, 6) is -0.418. The molecule has 0 heterocycles. The molecule has 0 fully saturated rings. The van der Waals surface area contributed by atoms with Gasteiger partial charge in [-0.05, 0) is 0 Å². The van der Waals surface area contributed by atoms with E-state index >= 15 is 0 Å². The Balaban J connectivity index is 0. The molecule has 0 rings (SSSR count). The van der Waals surface area contributed by atoms with Crippen molar-refractivity contribution in [2.75, 3.05) is 13.2 Å². The first-order chi connectivity index (χ1) is 7.20. The Hall–Kier alpha value is 0.000260. The minimum absolute atomic E-state index is 0. The predicted octanol–water partition coefficient (Wildman–Crippen LogP) is 1.05. The van der Waals surface area contributed by atoms with E-state index in [9.17, 15) is 4.79 Å². The van der Waals surface area contributed by atoms with E-state index < -0.39 is 12.1 Å². The Morgan fingerprint density at radius 1 is 1.38 bits per heavy atom. The van der Waals surface area contributed by atoms with Crippen molar-refractivity contribution >= 4 is 5.97 Å². The van der Waals surface area contributed by atoms with Crippen molar-refractivity contribution in [3.8, 4) is 0 Å². The smallest absolute Gasteiger partial charge is 0.167 e. The molecule has 0 aromatic rings. The van der Waals surface area contributed by atoms with Crippen molar-refractivity contribution in [3.63, 3.8) is 0 Å². The third kappa shape index (κ3) is 12.1. The van der Waals surface area contributed by atoms with Crippen LogP contribution in [0.2, 0.25) is 0 Å². The van der Waals surface area contributed by atoms with Crippen molar-refractivity contribution in [1.29, 1.82) is 0 Å². The zero-order valence-corrected chi connectivity index (χ0v) is 12.0. The van der Waals surface area contributed by atoms with E-state index in [4.69, 9.17) is 14.9 Å². The number of rotatable bonds is 9. The molecule has 0 spiro atoms. The van der Waals surface area contributed by atoms with Crippen LogP contribution in [-0.2, 0) is 31.9 Å². The molecule has 1 radical (unpaired) electrons. The number of esters is 1. The van der Waals surface area contributed by atoms with Crippen LogP contribution in [0, 0.1) is 6.42 Å². The summed E-state index contributed by atoms with van der Waals surface area (Å²) in [5, 5.41) is 17.4. The Labute approximate surface area is 113 Å². The van der Waals surface area contributed by atoms with Crippen LogP contribution >= 0.6 is 0 Å². The average molecular weight is 310 g/mol. The maximum Gasteiger partial charge on any atom is 0.167 e. The van der Waals surface area contributed by atoms with Gasteiger partial charge in [-0.3, -0.25) is 11.2 Å². The third-order valence-corrected chi connectivity index (χ3v) is 2.00. The normalized spacial score (nSPS) is 11.4. The molecule has 0 aliphatic heterocycles. The van der Waals surface area contributed by atoms with Crippen LogP contribution < -0.4 is 0 Å².